The second-order valence-corrected chi connectivity index (χ2v) is 6.76. The van der Waals surface area contributed by atoms with E-state index in [0.29, 0.717) is 10.6 Å². The van der Waals surface area contributed by atoms with E-state index in [-0.39, 0.29) is 11.8 Å². The van der Waals surface area contributed by atoms with Crippen LogP contribution in [0.25, 0.3) is 0 Å². The summed E-state index contributed by atoms with van der Waals surface area (Å²) in [5.74, 6) is -0.482. The third kappa shape index (κ3) is 4.58. The van der Waals surface area contributed by atoms with Gasteiger partial charge in [-0.2, -0.15) is 0 Å². The molecule has 7 heteroatoms. The van der Waals surface area contributed by atoms with Gasteiger partial charge in [0.25, 0.3) is 5.91 Å². The molecule has 0 unspecified atom stereocenters. The summed E-state index contributed by atoms with van der Waals surface area (Å²) in [7, 11) is 0. The third-order valence-electron chi connectivity index (χ3n) is 4.00. The van der Waals surface area contributed by atoms with Crippen molar-refractivity contribution >= 4 is 34.5 Å². The number of carbonyl (C=O) groups is 2. The van der Waals surface area contributed by atoms with E-state index in [9.17, 15) is 9.59 Å². The number of anilines is 2. The molecular formula is C18H21N3O3S. The minimum Gasteiger partial charge on any atom is -0.378 e. The van der Waals surface area contributed by atoms with E-state index in [4.69, 9.17) is 4.74 Å². The second kappa shape index (κ2) is 8.13. The molecule has 1 aromatic heterocycles. The SMILES string of the molecule is C[C@@H](NC(=O)c1cccs1)C(=O)Nc1ccc(N2CCOCC2)cc1. The van der Waals surface area contributed by atoms with Crippen molar-refractivity contribution in [3.63, 3.8) is 0 Å². The largest absolute Gasteiger partial charge is 0.378 e. The van der Waals surface area contributed by atoms with E-state index in [1.807, 2.05) is 29.6 Å². The van der Waals surface area contributed by atoms with Crippen LogP contribution in [-0.4, -0.2) is 44.2 Å². The standard InChI is InChI=1S/C18H21N3O3S/c1-13(19-18(23)16-3-2-12-25-16)17(22)20-14-4-6-15(7-5-14)21-8-10-24-11-9-21/h2-7,12-13H,8-11H2,1H3,(H,19,23)(H,20,22)/t13-/m1/s1. The zero-order chi connectivity index (χ0) is 17.6. The lowest BCUT2D eigenvalue weighted by Gasteiger charge is -2.29. The van der Waals surface area contributed by atoms with Gasteiger partial charge >= 0.3 is 0 Å². The first-order chi connectivity index (χ1) is 12.1. The highest BCUT2D eigenvalue weighted by Crippen LogP contribution is 2.19. The number of nitrogens with one attached hydrogen (secondary N) is 2. The first kappa shape index (κ1) is 17.4. The summed E-state index contributed by atoms with van der Waals surface area (Å²) in [4.78, 5) is 27.1. The van der Waals surface area contributed by atoms with Crippen molar-refractivity contribution in [2.24, 2.45) is 0 Å². The molecular weight excluding hydrogens is 338 g/mol. The van der Waals surface area contributed by atoms with Crippen LogP contribution in [0.3, 0.4) is 0 Å². The monoisotopic (exact) mass is 359 g/mol. The number of carbonyl (C=O) groups excluding carboxylic acids is 2. The van der Waals surface area contributed by atoms with Gasteiger partial charge in [-0.25, -0.2) is 0 Å². The Morgan fingerprint density at radius 1 is 1.16 bits per heavy atom. The second-order valence-electron chi connectivity index (χ2n) is 5.81. The summed E-state index contributed by atoms with van der Waals surface area (Å²) in [6, 6.07) is 10.6. The topological polar surface area (TPSA) is 70.7 Å². The fourth-order valence-electron chi connectivity index (χ4n) is 2.57. The van der Waals surface area contributed by atoms with E-state index < -0.39 is 6.04 Å². The van der Waals surface area contributed by atoms with Crippen molar-refractivity contribution in [1.82, 2.24) is 5.32 Å². The normalized spacial score (nSPS) is 15.5. The first-order valence-corrected chi connectivity index (χ1v) is 9.09. The molecule has 1 aliphatic heterocycles. The minimum absolute atomic E-state index is 0.236. The number of benzene rings is 1. The van der Waals surface area contributed by atoms with Crippen LogP contribution >= 0.6 is 11.3 Å². The molecule has 1 fully saturated rings. The highest BCUT2D eigenvalue weighted by Gasteiger charge is 2.17. The van der Waals surface area contributed by atoms with Crippen LogP contribution in [0.4, 0.5) is 11.4 Å². The number of nitrogens with zero attached hydrogens (tertiary/aromatic N) is 1. The van der Waals surface area contributed by atoms with Crippen LogP contribution in [-0.2, 0) is 9.53 Å². The van der Waals surface area contributed by atoms with Gasteiger partial charge in [0.1, 0.15) is 6.04 Å². The fourth-order valence-corrected chi connectivity index (χ4v) is 3.20. The lowest BCUT2D eigenvalue weighted by molar-refractivity contribution is -0.117. The van der Waals surface area contributed by atoms with E-state index in [1.54, 1.807) is 19.1 Å². The zero-order valence-corrected chi connectivity index (χ0v) is 14.8. The molecule has 2 aromatic rings. The summed E-state index contributed by atoms with van der Waals surface area (Å²) in [6.07, 6.45) is 0. The van der Waals surface area contributed by atoms with E-state index in [1.165, 1.54) is 11.3 Å². The van der Waals surface area contributed by atoms with Gasteiger partial charge in [0.15, 0.2) is 0 Å². The van der Waals surface area contributed by atoms with Crippen LogP contribution in [0, 0.1) is 0 Å². The average Bonchev–Trinajstić information content (AvgIpc) is 3.18. The number of hydrogen-bond donors (Lipinski definition) is 2. The molecule has 0 radical (unpaired) electrons. The Morgan fingerprint density at radius 3 is 2.52 bits per heavy atom. The Hall–Kier alpha value is -2.38. The Bertz CT molecular complexity index is 710. The summed E-state index contributed by atoms with van der Waals surface area (Å²) in [5, 5.41) is 7.36. The number of amides is 2. The van der Waals surface area contributed by atoms with Crippen molar-refractivity contribution in [1.29, 1.82) is 0 Å². The number of morpholine rings is 1. The first-order valence-electron chi connectivity index (χ1n) is 8.21. The van der Waals surface area contributed by atoms with Gasteiger partial charge in [-0.1, -0.05) is 6.07 Å². The summed E-state index contributed by atoms with van der Waals surface area (Å²) in [6.45, 7) is 4.89. The number of ether oxygens (including phenoxy) is 1. The fraction of sp³-hybridized carbons (Fsp3) is 0.333. The lowest BCUT2D eigenvalue weighted by atomic mass is 10.2. The maximum atomic E-state index is 12.3. The molecule has 2 heterocycles. The predicted octanol–water partition coefficient (Wildman–Crippen LogP) is 2.34. The lowest BCUT2D eigenvalue weighted by Crippen LogP contribution is -2.41. The molecule has 1 aliphatic rings. The summed E-state index contributed by atoms with van der Waals surface area (Å²) < 4.78 is 5.35. The molecule has 0 bridgehead atoms. The highest BCUT2D eigenvalue weighted by atomic mass is 32.1. The van der Waals surface area contributed by atoms with Gasteiger partial charge in [-0.15, -0.1) is 11.3 Å². The van der Waals surface area contributed by atoms with E-state index >= 15 is 0 Å². The van der Waals surface area contributed by atoms with E-state index in [0.717, 1.165) is 32.0 Å². The maximum absolute atomic E-state index is 12.3. The van der Waals surface area contributed by atoms with Gasteiger partial charge in [-0.3, -0.25) is 9.59 Å². The van der Waals surface area contributed by atoms with Crippen LogP contribution < -0.4 is 15.5 Å². The Balaban J connectivity index is 1.54. The number of rotatable bonds is 5. The molecule has 25 heavy (non-hydrogen) atoms. The Kier molecular flexibility index (Phi) is 5.67. The van der Waals surface area contributed by atoms with Crippen molar-refractivity contribution in [2.45, 2.75) is 13.0 Å². The number of thiophene rings is 1. The quantitative estimate of drug-likeness (QED) is 0.860. The van der Waals surface area contributed by atoms with Crippen LogP contribution in [0.5, 0.6) is 0 Å². The van der Waals surface area contributed by atoms with Crippen LogP contribution in [0.2, 0.25) is 0 Å². The highest BCUT2D eigenvalue weighted by molar-refractivity contribution is 7.12. The molecule has 2 amide bonds. The third-order valence-corrected chi connectivity index (χ3v) is 4.87. The molecule has 0 saturated carbocycles. The summed E-state index contributed by atoms with van der Waals surface area (Å²) in [5.41, 5.74) is 1.82. The van der Waals surface area contributed by atoms with E-state index in [2.05, 4.69) is 15.5 Å². The molecule has 132 valence electrons. The molecule has 1 aromatic carbocycles. The average molecular weight is 359 g/mol. The van der Waals surface area contributed by atoms with Gasteiger partial charge in [0, 0.05) is 24.5 Å². The molecule has 6 nitrogen and oxygen atoms in total. The van der Waals surface area contributed by atoms with Crippen LogP contribution in [0.15, 0.2) is 41.8 Å². The van der Waals surface area contributed by atoms with Gasteiger partial charge in [-0.05, 0) is 42.6 Å². The zero-order valence-electron chi connectivity index (χ0n) is 14.0. The minimum atomic E-state index is -0.617. The summed E-state index contributed by atoms with van der Waals surface area (Å²) >= 11 is 1.35. The molecule has 2 N–H and O–H groups in total. The molecule has 1 atom stereocenters. The predicted molar refractivity (Wildman–Crippen MR) is 99.4 cm³/mol. The van der Waals surface area contributed by atoms with Gasteiger partial charge in [0.05, 0.1) is 18.1 Å². The van der Waals surface area contributed by atoms with Crippen molar-refractivity contribution < 1.29 is 14.3 Å². The van der Waals surface area contributed by atoms with Crippen molar-refractivity contribution in [2.75, 3.05) is 36.5 Å². The molecule has 0 aliphatic carbocycles. The number of hydrogen-bond acceptors (Lipinski definition) is 5. The van der Waals surface area contributed by atoms with Crippen molar-refractivity contribution in [3.8, 4) is 0 Å². The van der Waals surface area contributed by atoms with Crippen LogP contribution in [0.1, 0.15) is 16.6 Å². The van der Waals surface area contributed by atoms with Gasteiger partial charge in [0.2, 0.25) is 5.91 Å². The smallest absolute Gasteiger partial charge is 0.261 e. The Labute approximate surface area is 150 Å². The molecule has 3 rings (SSSR count). The molecule has 0 spiro atoms. The van der Waals surface area contributed by atoms with Gasteiger partial charge < -0.3 is 20.3 Å². The Morgan fingerprint density at radius 2 is 1.88 bits per heavy atom. The molecule has 1 saturated heterocycles. The maximum Gasteiger partial charge on any atom is 0.261 e. The van der Waals surface area contributed by atoms with Crippen molar-refractivity contribution in [3.05, 3.63) is 46.7 Å².